The van der Waals surface area contributed by atoms with Crippen molar-refractivity contribution in [1.29, 1.82) is 0 Å². The fourth-order valence-electron chi connectivity index (χ4n) is 1.95. The Kier molecular flexibility index (Phi) is 8.67. The summed E-state index contributed by atoms with van der Waals surface area (Å²) >= 11 is 0. The highest BCUT2D eigenvalue weighted by Gasteiger charge is 2.18. The highest BCUT2D eigenvalue weighted by atomic mass is 16.5. The average Bonchev–Trinajstić information content (AvgIpc) is 2.59. The minimum absolute atomic E-state index is 0.117. The molecule has 0 fully saturated rings. The molecular weight excluding hydrogens is 310 g/mol. The van der Waals surface area contributed by atoms with Crippen LogP contribution in [0.1, 0.15) is 24.8 Å². The second-order valence-corrected chi connectivity index (χ2v) is 5.15. The van der Waals surface area contributed by atoms with Crippen molar-refractivity contribution in [2.75, 3.05) is 6.54 Å². The topological polar surface area (TPSA) is 111 Å². The first-order valence-electron chi connectivity index (χ1n) is 7.69. The van der Waals surface area contributed by atoms with Gasteiger partial charge in [-0.25, -0.2) is 4.79 Å². The van der Waals surface area contributed by atoms with Gasteiger partial charge in [0.15, 0.2) is 0 Å². The number of unbranched alkanes of at least 4 members (excludes halogenated alkanes) is 1. The van der Waals surface area contributed by atoms with Crippen LogP contribution < -0.4 is 16.4 Å². The second kappa shape index (κ2) is 10.8. The zero-order valence-electron chi connectivity index (χ0n) is 13.5. The predicted octanol–water partition coefficient (Wildman–Crippen LogP) is 1.24. The van der Waals surface area contributed by atoms with Crippen LogP contribution in [-0.4, -0.2) is 30.5 Å². The maximum atomic E-state index is 11.7. The summed E-state index contributed by atoms with van der Waals surface area (Å²) in [6.07, 6.45) is 2.15. The minimum atomic E-state index is -0.802. The number of rotatable bonds is 10. The number of hydrogen-bond acceptors (Lipinski definition) is 4. The highest BCUT2D eigenvalue weighted by Crippen LogP contribution is 2.03. The number of carbonyl (C=O) groups is 3. The highest BCUT2D eigenvalue weighted by molar-refractivity contribution is 5.86. The molecule has 0 heterocycles. The van der Waals surface area contributed by atoms with Crippen LogP contribution in [0.4, 0.5) is 4.79 Å². The van der Waals surface area contributed by atoms with E-state index in [0.29, 0.717) is 25.8 Å². The molecule has 0 aliphatic heterocycles. The molecule has 7 heteroatoms. The SMILES string of the molecule is C=CC(=O)NCCCCC(NC(=O)OCc1ccccc1)C(N)=O. The molecule has 1 aromatic rings. The van der Waals surface area contributed by atoms with Gasteiger partial charge >= 0.3 is 6.09 Å². The molecule has 0 aliphatic rings. The van der Waals surface area contributed by atoms with Crippen molar-refractivity contribution >= 4 is 17.9 Å². The second-order valence-electron chi connectivity index (χ2n) is 5.15. The first-order valence-corrected chi connectivity index (χ1v) is 7.69. The number of ether oxygens (including phenoxy) is 1. The van der Waals surface area contributed by atoms with Gasteiger partial charge in [0.2, 0.25) is 11.8 Å². The largest absolute Gasteiger partial charge is 0.445 e. The van der Waals surface area contributed by atoms with Gasteiger partial charge in [0.05, 0.1) is 0 Å². The first kappa shape index (κ1) is 19.2. The molecule has 0 saturated heterocycles. The molecule has 1 unspecified atom stereocenters. The fraction of sp³-hybridized carbons (Fsp3) is 0.353. The van der Waals surface area contributed by atoms with Crippen LogP contribution in [0.5, 0.6) is 0 Å². The summed E-state index contributed by atoms with van der Waals surface area (Å²) in [4.78, 5) is 34.1. The molecule has 0 spiro atoms. The van der Waals surface area contributed by atoms with Crippen LogP contribution >= 0.6 is 0 Å². The van der Waals surface area contributed by atoms with Crippen molar-refractivity contribution in [3.63, 3.8) is 0 Å². The predicted molar refractivity (Wildman–Crippen MR) is 89.8 cm³/mol. The van der Waals surface area contributed by atoms with E-state index >= 15 is 0 Å². The van der Waals surface area contributed by atoms with Crippen molar-refractivity contribution in [3.8, 4) is 0 Å². The molecule has 4 N–H and O–H groups in total. The first-order chi connectivity index (χ1) is 11.5. The third kappa shape index (κ3) is 7.98. The van der Waals surface area contributed by atoms with Gasteiger partial charge in [0, 0.05) is 6.54 Å². The van der Waals surface area contributed by atoms with Crippen LogP contribution in [0.25, 0.3) is 0 Å². The normalized spacial score (nSPS) is 11.2. The number of nitrogens with two attached hydrogens (primary N) is 1. The van der Waals surface area contributed by atoms with Gasteiger partial charge in [0.25, 0.3) is 0 Å². The number of hydrogen-bond donors (Lipinski definition) is 3. The van der Waals surface area contributed by atoms with Crippen molar-refractivity contribution in [2.45, 2.75) is 31.9 Å². The van der Waals surface area contributed by atoms with E-state index in [4.69, 9.17) is 10.5 Å². The molecule has 0 aromatic heterocycles. The van der Waals surface area contributed by atoms with Crippen molar-refractivity contribution in [2.24, 2.45) is 5.73 Å². The molecule has 7 nitrogen and oxygen atoms in total. The molecule has 3 amide bonds. The lowest BCUT2D eigenvalue weighted by Gasteiger charge is -2.15. The number of benzene rings is 1. The summed E-state index contributed by atoms with van der Waals surface area (Å²) in [7, 11) is 0. The number of amides is 3. The van der Waals surface area contributed by atoms with Crippen molar-refractivity contribution in [3.05, 3.63) is 48.6 Å². The number of nitrogens with one attached hydrogen (secondary N) is 2. The molecule has 1 atom stereocenters. The lowest BCUT2D eigenvalue weighted by atomic mass is 10.1. The van der Waals surface area contributed by atoms with E-state index in [0.717, 1.165) is 5.56 Å². The van der Waals surface area contributed by atoms with Crippen LogP contribution in [0.3, 0.4) is 0 Å². The molecule has 0 saturated carbocycles. The van der Waals surface area contributed by atoms with Crippen LogP contribution in [-0.2, 0) is 20.9 Å². The third-order valence-electron chi connectivity index (χ3n) is 3.25. The van der Waals surface area contributed by atoms with E-state index in [1.807, 2.05) is 30.3 Å². The summed E-state index contributed by atoms with van der Waals surface area (Å²) in [5.41, 5.74) is 6.13. The Labute approximate surface area is 141 Å². The molecule has 0 radical (unpaired) electrons. The molecular formula is C17H23N3O4. The molecule has 1 rings (SSSR count). The van der Waals surface area contributed by atoms with E-state index in [-0.39, 0.29) is 12.5 Å². The fourth-order valence-corrected chi connectivity index (χ4v) is 1.95. The van der Waals surface area contributed by atoms with Gasteiger partial charge in [-0.2, -0.15) is 0 Å². The van der Waals surface area contributed by atoms with E-state index in [2.05, 4.69) is 17.2 Å². The lowest BCUT2D eigenvalue weighted by Crippen LogP contribution is -2.44. The lowest BCUT2D eigenvalue weighted by molar-refractivity contribution is -0.120. The minimum Gasteiger partial charge on any atom is -0.445 e. The number of carbonyl (C=O) groups excluding carboxylic acids is 3. The third-order valence-corrected chi connectivity index (χ3v) is 3.25. The van der Waals surface area contributed by atoms with Crippen LogP contribution in [0.15, 0.2) is 43.0 Å². The van der Waals surface area contributed by atoms with Gasteiger partial charge in [-0.1, -0.05) is 36.9 Å². The maximum absolute atomic E-state index is 11.7. The average molecular weight is 333 g/mol. The Morgan fingerprint density at radius 1 is 1.21 bits per heavy atom. The van der Waals surface area contributed by atoms with E-state index in [9.17, 15) is 14.4 Å². The zero-order chi connectivity index (χ0) is 17.8. The Hall–Kier alpha value is -2.83. The maximum Gasteiger partial charge on any atom is 0.408 e. The number of primary amides is 1. The molecule has 130 valence electrons. The van der Waals surface area contributed by atoms with E-state index in [1.165, 1.54) is 6.08 Å². The van der Waals surface area contributed by atoms with Crippen molar-refractivity contribution < 1.29 is 19.1 Å². The number of alkyl carbamates (subject to hydrolysis) is 1. The van der Waals surface area contributed by atoms with Gasteiger partial charge in [-0.15, -0.1) is 0 Å². The van der Waals surface area contributed by atoms with E-state index in [1.54, 1.807) is 0 Å². The zero-order valence-corrected chi connectivity index (χ0v) is 13.5. The summed E-state index contributed by atoms with van der Waals surface area (Å²) in [6.45, 7) is 3.93. The Morgan fingerprint density at radius 3 is 2.54 bits per heavy atom. The van der Waals surface area contributed by atoms with Crippen LogP contribution in [0, 0.1) is 0 Å². The van der Waals surface area contributed by atoms with E-state index < -0.39 is 18.0 Å². The molecule has 24 heavy (non-hydrogen) atoms. The van der Waals surface area contributed by atoms with Gasteiger partial charge in [-0.3, -0.25) is 9.59 Å². The van der Waals surface area contributed by atoms with Gasteiger partial charge in [-0.05, 0) is 30.9 Å². The summed E-state index contributed by atoms with van der Waals surface area (Å²) in [5, 5.41) is 5.09. The Morgan fingerprint density at radius 2 is 1.92 bits per heavy atom. The van der Waals surface area contributed by atoms with Gasteiger partial charge < -0.3 is 21.1 Å². The summed E-state index contributed by atoms with van der Waals surface area (Å²) < 4.78 is 5.06. The molecule has 1 aromatic carbocycles. The van der Waals surface area contributed by atoms with Crippen molar-refractivity contribution in [1.82, 2.24) is 10.6 Å². The monoisotopic (exact) mass is 333 g/mol. The Bertz CT molecular complexity index is 560. The summed E-state index contributed by atoms with van der Waals surface area (Å²) in [6, 6.07) is 8.40. The smallest absolute Gasteiger partial charge is 0.408 e. The van der Waals surface area contributed by atoms with Crippen LogP contribution in [0.2, 0.25) is 0 Å². The molecule has 0 aliphatic carbocycles. The van der Waals surface area contributed by atoms with Gasteiger partial charge in [0.1, 0.15) is 12.6 Å². The Balaban J connectivity index is 2.29. The molecule has 0 bridgehead atoms. The quantitative estimate of drug-likeness (QED) is 0.442. The summed E-state index contributed by atoms with van der Waals surface area (Å²) in [5.74, 6) is -0.870. The standard InChI is InChI=1S/C17H23N3O4/c1-2-15(21)19-11-7-6-10-14(16(18)22)20-17(23)24-12-13-8-4-3-5-9-13/h2-5,8-9,14H,1,6-7,10-12H2,(H2,18,22)(H,19,21)(H,20,23).